The van der Waals surface area contributed by atoms with E-state index in [1.165, 1.54) is 0 Å². The summed E-state index contributed by atoms with van der Waals surface area (Å²) in [4.78, 5) is 29.5. The van der Waals surface area contributed by atoms with Gasteiger partial charge in [-0.3, -0.25) is 4.79 Å². The number of aromatic amines is 1. The predicted molar refractivity (Wildman–Crippen MR) is 108 cm³/mol. The lowest BCUT2D eigenvalue weighted by Crippen LogP contribution is -2.51. The SMILES string of the molecule is CN1CCOCC2(CCCN(C(=O)c3cc4ccccc4[nH]3)C2)C1.O=C(O)C(F)(F)F. The number of aliphatic carboxylic acids is 1. The average Bonchev–Trinajstić information content (AvgIpc) is 3.07. The van der Waals surface area contributed by atoms with Crippen LogP contribution in [0.1, 0.15) is 23.3 Å². The number of ether oxygens (including phenoxy) is 1. The number of H-pyrrole nitrogens is 1. The molecule has 2 aliphatic rings. The van der Waals surface area contributed by atoms with E-state index in [9.17, 15) is 18.0 Å². The molecule has 0 aliphatic carbocycles. The zero-order valence-corrected chi connectivity index (χ0v) is 17.2. The van der Waals surface area contributed by atoms with Crippen LogP contribution in [0.3, 0.4) is 0 Å². The van der Waals surface area contributed by atoms with Crippen LogP contribution in [-0.2, 0) is 9.53 Å². The van der Waals surface area contributed by atoms with E-state index < -0.39 is 12.1 Å². The summed E-state index contributed by atoms with van der Waals surface area (Å²) >= 11 is 0. The van der Waals surface area contributed by atoms with E-state index in [1.54, 1.807) is 0 Å². The fourth-order valence-corrected chi connectivity index (χ4v) is 4.19. The maximum atomic E-state index is 13.0. The molecular weight excluding hydrogens is 415 g/mol. The minimum atomic E-state index is -5.08. The summed E-state index contributed by atoms with van der Waals surface area (Å²) in [5, 5.41) is 8.21. The lowest BCUT2D eigenvalue weighted by molar-refractivity contribution is -0.192. The lowest BCUT2D eigenvalue weighted by atomic mass is 9.80. The number of fused-ring (bicyclic) bond motifs is 1. The molecular formula is C21H26F3N3O4. The molecule has 170 valence electrons. The summed E-state index contributed by atoms with van der Waals surface area (Å²) < 4.78 is 37.6. The zero-order chi connectivity index (χ0) is 22.6. The molecule has 3 heterocycles. The molecule has 1 amide bonds. The monoisotopic (exact) mass is 441 g/mol. The van der Waals surface area contributed by atoms with Crippen LogP contribution in [0.15, 0.2) is 30.3 Å². The van der Waals surface area contributed by atoms with Gasteiger partial charge in [0.1, 0.15) is 5.69 Å². The molecule has 10 heteroatoms. The number of carbonyl (C=O) groups is 2. The van der Waals surface area contributed by atoms with Gasteiger partial charge >= 0.3 is 12.1 Å². The highest BCUT2D eigenvalue weighted by Crippen LogP contribution is 2.33. The molecule has 1 unspecified atom stereocenters. The van der Waals surface area contributed by atoms with Crippen LogP contribution in [-0.4, -0.2) is 84.4 Å². The molecule has 1 aromatic carbocycles. The number of amides is 1. The number of carboxylic acids is 1. The topological polar surface area (TPSA) is 85.9 Å². The molecule has 2 N–H and O–H groups in total. The highest BCUT2D eigenvalue weighted by molar-refractivity contribution is 5.98. The number of carbonyl (C=O) groups excluding carboxylic acids is 1. The van der Waals surface area contributed by atoms with Crippen LogP contribution in [0.25, 0.3) is 10.9 Å². The van der Waals surface area contributed by atoms with Gasteiger partial charge in [0.2, 0.25) is 0 Å². The summed E-state index contributed by atoms with van der Waals surface area (Å²) in [6.45, 7) is 5.13. The molecule has 0 bridgehead atoms. The van der Waals surface area contributed by atoms with Crippen molar-refractivity contribution in [2.75, 3.05) is 46.4 Å². The zero-order valence-electron chi connectivity index (χ0n) is 17.2. The Labute approximate surface area is 177 Å². The summed E-state index contributed by atoms with van der Waals surface area (Å²) in [7, 11) is 2.15. The predicted octanol–water partition coefficient (Wildman–Crippen LogP) is 2.99. The quantitative estimate of drug-likeness (QED) is 0.711. The third kappa shape index (κ3) is 5.76. The number of alkyl halides is 3. The second kappa shape index (κ2) is 9.27. The normalized spacial score (nSPS) is 22.6. The van der Waals surface area contributed by atoms with E-state index in [2.05, 4.69) is 16.9 Å². The maximum Gasteiger partial charge on any atom is 0.490 e. The van der Waals surface area contributed by atoms with E-state index in [-0.39, 0.29) is 11.3 Å². The first-order valence-electron chi connectivity index (χ1n) is 10.0. The molecule has 1 aromatic heterocycles. The minimum absolute atomic E-state index is 0.0746. The van der Waals surface area contributed by atoms with Gasteiger partial charge in [-0.25, -0.2) is 4.79 Å². The van der Waals surface area contributed by atoms with Crippen molar-refractivity contribution in [1.29, 1.82) is 0 Å². The highest BCUT2D eigenvalue weighted by Gasteiger charge is 2.40. The van der Waals surface area contributed by atoms with Crippen LogP contribution < -0.4 is 0 Å². The van der Waals surface area contributed by atoms with E-state index in [0.717, 1.165) is 63.1 Å². The Morgan fingerprint density at radius 1 is 1.19 bits per heavy atom. The highest BCUT2D eigenvalue weighted by atomic mass is 19.4. The lowest BCUT2D eigenvalue weighted by Gasteiger charge is -2.43. The first-order valence-corrected chi connectivity index (χ1v) is 10.0. The molecule has 4 rings (SSSR count). The number of para-hydroxylation sites is 1. The van der Waals surface area contributed by atoms with Crippen LogP contribution in [0, 0.1) is 5.41 Å². The van der Waals surface area contributed by atoms with Gasteiger partial charge in [0.15, 0.2) is 0 Å². The van der Waals surface area contributed by atoms with E-state index in [4.69, 9.17) is 14.6 Å². The van der Waals surface area contributed by atoms with Crippen LogP contribution in [0.5, 0.6) is 0 Å². The molecule has 2 fully saturated rings. The van der Waals surface area contributed by atoms with E-state index in [0.29, 0.717) is 5.69 Å². The number of likely N-dealkylation sites (tertiary alicyclic amines) is 1. The number of aromatic nitrogens is 1. The molecule has 31 heavy (non-hydrogen) atoms. The van der Waals surface area contributed by atoms with Crippen molar-refractivity contribution in [1.82, 2.24) is 14.8 Å². The molecule has 1 atom stereocenters. The molecule has 7 nitrogen and oxygen atoms in total. The van der Waals surface area contributed by atoms with Gasteiger partial charge in [0, 0.05) is 42.5 Å². The Morgan fingerprint density at radius 3 is 2.58 bits per heavy atom. The van der Waals surface area contributed by atoms with Gasteiger partial charge in [-0.2, -0.15) is 13.2 Å². The summed E-state index contributed by atoms with van der Waals surface area (Å²) in [5.74, 6) is -2.65. The molecule has 2 aliphatic heterocycles. The van der Waals surface area contributed by atoms with Crippen molar-refractivity contribution < 1.29 is 32.6 Å². The van der Waals surface area contributed by atoms with Crippen molar-refractivity contribution in [3.8, 4) is 0 Å². The van der Waals surface area contributed by atoms with Crippen molar-refractivity contribution >= 4 is 22.8 Å². The number of nitrogens with one attached hydrogen (secondary N) is 1. The first-order chi connectivity index (χ1) is 14.6. The van der Waals surface area contributed by atoms with Gasteiger partial charge in [0.25, 0.3) is 5.91 Å². The molecule has 0 radical (unpaired) electrons. The number of carboxylic acid groups (broad SMARTS) is 1. The van der Waals surface area contributed by atoms with Gasteiger partial charge < -0.3 is 24.6 Å². The van der Waals surface area contributed by atoms with Crippen LogP contribution in [0.4, 0.5) is 13.2 Å². The Kier molecular flexibility index (Phi) is 6.90. The van der Waals surface area contributed by atoms with Gasteiger partial charge in [-0.05, 0) is 32.0 Å². The molecule has 2 saturated heterocycles. The van der Waals surface area contributed by atoms with Crippen molar-refractivity contribution in [2.45, 2.75) is 19.0 Å². The van der Waals surface area contributed by atoms with Crippen LogP contribution >= 0.6 is 0 Å². The molecule has 2 aromatic rings. The summed E-state index contributed by atoms with van der Waals surface area (Å²) in [6, 6.07) is 10.0. The second-order valence-corrected chi connectivity index (χ2v) is 8.19. The van der Waals surface area contributed by atoms with Gasteiger partial charge in [-0.15, -0.1) is 0 Å². The average molecular weight is 441 g/mol. The summed E-state index contributed by atoms with van der Waals surface area (Å²) in [6.07, 6.45) is -2.91. The Balaban J connectivity index is 0.000000339. The van der Waals surface area contributed by atoms with Crippen molar-refractivity contribution in [3.05, 3.63) is 36.0 Å². The fraction of sp³-hybridized carbons (Fsp3) is 0.524. The molecule has 0 saturated carbocycles. The van der Waals surface area contributed by atoms with Crippen molar-refractivity contribution in [2.24, 2.45) is 5.41 Å². The first kappa shape index (κ1) is 23.1. The second-order valence-electron chi connectivity index (χ2n) is 8.19. The Morgan fingerprint density at radius 2 is 1.90 bits per heavy atom. The maximum absolute atomic E-state index is 13.0. The smallest absolute Gasteiger partial charge is 0.475 e. The largest absolute Gasteiger partial charge is 0.490 e. The van der Waals surface area contributed by atoms with Crippen molar-refractivity contribution in [3.63, 3.8) is 0 Å². The van der Waals surface area contributed by atoms with Gasteiger partial charge in [-0.1, -0.05) is 18.2 Å². The number of piperidine rings is 1. The number of rotatable bonds is 1. The number of hydrogen-bond donors (Lipinski definition) is 2. The standard InChI is InChI=1S/C19H25N3O2.C2HF3O2/c1-21-9-10-24-14-19(12-21)7-4-8-22(13-19)18(23)17-11-15-5-2-3-6-16(15)20-17;3-2(4,5)1(6)7/h2-3,5-6,11,20H,4,7-10,12-14H2,1H3;(H,6,7). The van der Waals surface area contributed by atoms with Gasteiger partial charge in [0.05, 0.1) is 13.2 Å². The Hall–Kier alpha value is -2.59. The van der Waals surface area contributed by atoms with Crippen LogP contribution in [0.2, 0.25) is 0 Å². The number of hydrogen-bond acceptors (Lipinski definition) is 4. The number of halogens is 3. The fourth-order valence-electron chi connectivity index (χ4n) is 4.19. The number of benzene rings is 1. The van der Waals surface area contributed by atoms with E-state index >= 15 is 0 Å². The molecule has 1 spiro atoms. The number of likely N-dealkylation sites (N-methyl/N-ethyl adjacent to an activating group) is 1. The minimum Gasteiger partial charge on any atom is -0.475 e. The third-order valence-electron chi connectivity index (χ3n) is 5.58. The summed E-state index contributed by atoms with van der Waals surface area (Å²) in [5.41, 5.74) is 1.78. The third-order valence-corrected chi connectivity index (χ3v) is 5.58. The van der Waals surface area contributed by atoms with E-state index in [1.807, 2.05) is 35.2 Å². The number of nitrogens with zero attached hydrogens (tertiary/aromatic N) is 2. The Bertz CT molecular complexity index is 897.